The molecule has 1 aromatic heterocycles. The van der Waals surface area contributed by atoms with Crippen molar-refractivity contribution >= 4 is 0 Å². The van der Waals surface area contributed by atoms with Crippen molar-refractivity contribution in [3.8, 4) is 0 Å². The van der Waals surface area contributed by atoms with Crippen molar-refractivity contribution in [2.45, 2.75) is 13.3 Å². The minimum absolute atomic E-state index is 0.902. The molecule has 52 valence electrons. The van der Waals surface area contributed by atoms with Gasteiger partial charge in [0.15, 0.2) is 0 Å². The lowest BCUT2D eigenvalue weighted by Gasteiger charge is -1.90. The number of rotatable bonds is 2. The third-order valence-corrected chi connectivity index (χ3v) is 1.21. The van der Waals surface area contributed by atoms with E-state index in [2.05, 4.69) is 16.0 Å². The molecule has 0 N–H and O–H groups in total. The molecule has 0 fully saturated rings. The molecule has 10 heavy (non-hydrogen) atoms. The molecule has 2 heteroatoms. The molecular formula is C8H10N2. The van der Waals surface area contributed by atoms with E-state index >= 15 is 0 Å². The molecule has 2 nitrogen and oxygen atoms in total. The Morgan fingerprint density at radius 3 is 3.10 bits per heavy atom. The summed E-state index contributed by atoms with van der Waals surface area (Å²) in [6, 6.07) is 1.92. The van der Waals surface area contributed by atoms with Crippen molar-refractivity contribution in [2.24, 2.45) is 0 Å². The SMILES string of the molecule is CC=CCc1ccncn1. The van der Waals surface area contributed by atoms with Gasteiger partial charge in [-0.05, 0) is 13.0 Å². The summed E-state index contributed by atoms with van der Waals surface area (Å²) in [6.07, 6.45) is 8.31. The predicted molar refractivity (Wildman–Crippen MR) is 40.6 cm³/mol. The van der Waals surface area contributed by atoms with E-state index in [9.17, 15) is 0 Å². The molecule has 0 amide bonds. The van der Waals surface area contributed by atoms with Crippen LogP contribution < -0.4 is 0 Å². The van der Waals surface area contributed by atoms with Crippen LogP contribution in [0.15, 0.2) is 30.7 Å². The Labute approximate surface area is 60.6 Å². The summed E-state index contributed by atoms with van der Waals surface area (Å²) in [5, 5.41) is 0. The van der Waals surface area contributed by atoms with Gasteiger partial charge in [0.25, 0.3) is 0 Å². The molecule has 0 atom stereocenters. The Kier molecular flexibility index (Phi) is 2.62. The fourth-order valence-electron chi connectivity index (χ4n) is 0.677. The summed E-state index contributed by atoms with van der Waals surface area (Å²) in [6.45, 7) is 2.00. The highest BCUT2D eigenvalue weighted by molar-refractivity contribution is 5.03. The highest BCUT2D eigenvalue weighted by Crippen LogP contribution is 1.92. The first-order valence-electron chi connectivity index (χ1n) is 3.29. The zero-order chi connectivity index (χ0) is 7.23. The van der Waals surface area contributed by atoms with Crippen LogP contribution in [0.1, 0.15) is 12.6 Å². The number of hydrogen-bond acceptors (Lipinski definition) is 2. The topological polar surface area (TPSA) is 25.8 Å². The summed E-state index contributed by atoms with van der Waals surface area (Å²) in [5.41, 5.74) is 1.06. The standard InChI is InChI=1S/C8H10N2/c1-2-3-4-8-5-6-9-7-10-8/h2-3,5-7H,4H2,1H3. The molecule has 0 spiro atoms. The first kappa shape index (κ1) is 6.93. The van der Waals surface area contributed by atoms with Gasteiger partial charge in [0.2, 0.25) is 0 Å². The zero-order valence-electron chi connectivity index (χ0n) is 5.99. The van der Waals surface area contributed by atoms with Crippen molar-refractivity contribution < 1.29 is 0 Å². The molecule has 0 unspecified atom stereocenters. The normalized spacial score (nSPS) is 10.5. The van der Waals surface area contributed by atoms with Crippen molar-refractivity contribution in [1.29, 1.82) is 0 Å². The fraction of sp³-hybridized carbons (Fsp3) is 0.250. The lowest BCUT2D eigenvalue weighted by molar-refractivity contribution is 1.05. The second-order valence-electron chi connectivity index (χ2n) is 1.97. The lowest BCUT2D eigenvalue weighted by atomic mass is 10.3. The van der Waals surface area contributed by atoms with E-state index < -0.39 is 0 Å². The number of nitrogens with zero attached hydrogens (tertiary/aromatic N) is 2. The van der Waals surface area contributed by atoms with Gasteiger partial charge in [0, 0.05) is 18.3 Å². The van der Waals surface area contributed by atoms with Crippen molar-refractivity contribution in [2.75, 3.05) is 0 Å². The largest absolute Gasteiger partial charge is 0.245 e. The number of hydrogen-bond donors (Lipinski definition) is 0. The van der Waals surface area contributed by atoms with Crippen LogP contribution in [0.3, 0.4) is 0 Å². The average Bonchev–Trinajstić information content (AvgIpc) is 2.03. The van der Waals surface area contributed by atoms with Crippen LogP contribution in [-0.4, -0.2) is 9.97 Å². The summed E-state index contributed by atoms with van der Waals surface area (Å²) in [5.74, 6) is 0. The Balaban J connectivity index is 2.59. The van der Waals surface area contributed by atoms with Gasteiger partial charge in [0.1, 0.15) is 6.33 Å². The fourth-order valence-corrected chi connectivity index (χ4v) is 0.677. The quantitative estimate of drug-likeness (QED) is 0.574. The van der Waals surface area contributed by atoms with Gasteiger partial charge in [-0.3, -0.25) is 0 Å². The summed E-state index contributed by atoms with van der Waals surface area (Å²) >= 11 is 0. The molecule has 0 saturated carbocycles. The molecule has 0 saturated heterocycles. The van der Waals surface area contributed by atoms with E-state index in [-0.39, 0.29) is 0 Å². The maximum Gasteiger partial charge on any atom is 0.115 e. The third-order valence-electron chi connectivity index (χ3n) is 1.21. The molecule has 0 aliphatic heterocycles. The summed E-state index contributed by atoms with van der Waals surface area (Å²) in [4.78, 5) is 7.87. The van der Waals surface area contributed by atoms with Crippen molar-refractivity contribution in [3.05, 3.63) is 36.4 Å². The Bertz CT molecular complexity index is 204. The molecular weight excluding hydrogens is 124 g/mol. The van der Waals surface area contributed by atoms with Gasteiger partial charge in [0.05, 0.1) is 0 Å². The second kappa shape index (κ2) is 3.77. The van der Waals surface area contributed by atoms with E-state index in [0.29, 0.717) is 0 Å². The van der Waals surface area contributed by atoms with Crippen LogP contribution in [0.5, 0.6) is 0 Å². The van der Waals surface area contributed by atoms with Gasteiger partial charge in [-0.2, -0.15) is 0 Å². The molecule has 1 heterocycles. The lowest BCUT2D eigenvalue weighted by Crippen LogP contribution is -1.85. The highest BCUT2D eigenvalue weighted by Gasteiger charge is 1.85. The number of aromatic nitrogens is 2. The first-order valence-corrected chi connectivity index (χ1v) is 3.29. The molecule has 0 radical (unpaired) electrons. The second-order valence-corrected chi connectivity index (χ2v) is 1.97. The molecule has 0 bridgehead atoms. The zero-order valence-corrected chi connectivity index (χ0v) is 5.99. The Morgan fingerprint density at radius 1 is 1.60 bits per heavy atom. The van der Waals surface area contributed by atoms with Gasteiger partial charge < -0.3 is 0 Å². The Hall–Kier alpha value is -1.18. The van der Waals surface area contributed by atoms with E-state index in [0.717, 1.165) is 12.1 Å². The number of allylic oxidation sites excluding steroid dienone is 2. The first-order chi connectivity index (χ1) is 4.93. The maximum absolute atomic E-state index is 4.05. The minimum atomic E-state index is 0.902. The monoisotopic (exact) mass is 134 g/mol. The van der Waals surface area contributed by atoms with Crippen LogP contribution in [0.25, 0.3) is 0 Å². The molecule has 1 rings (SSSR count). The van der Waals surface area contributed by atoms with Crippen molar-refractivity contribution in [1.82, 2.24) is 9.97 Å². The van der Waals surface area contributed by atoms with E-state index in [4.69, 9.17) is 0 Å². The van der Waals surface area contributed by atoms with Crippen molar-refractivity contribution in [3.63, 3.8) is 0 Å². The maximum atomic E-state index is 4.05. The molecule has 0 aliphatic rings. The van der Waals surface area contributed by atoms with E-state index in [1.54, 1.807) is 12.5 Å². The van der Waals surface area contributed by atoms with Gasteiger partial charge in [-0.25, -0.2) is 9.97 Å². The third kappa shape index (κ3) is 1.97. The molecule has 0 aromatic carbocycles. The minimum Gasteiger partial charge on any atom is -0.245 e. The van der Waals surface area contributed by atoms with Crippen LogP contribution in [0, 0.1) is 0 Å². The van der Waals surface area contributed by atoms with E-state index in [1.807, 2.05) is 19.1 Å². The van der Waals surface area contributed by atoms with Gasteiger partial charge >= 0.3 is 0 Å². The molecule has 0 aliphatic carbocycles. The van der Waals surface area contributed by atoms with Crippen LogP contribution >= 0.6 is 0 Å². The summed E-state index contributed by atoms with van der Waals surface area (Å²) in [7, 11) is 0. The van der Waals surface area contributed by atoms with Crippen LogP contribution in [0.2, 0.25) is 0 Å². The Morgan fingerprint density at radius 2 is 2.50 bits per heavy atom. The highest BCUT2D eigenvalue weighted by atomic mass is 14.8. The summed E-state index contributed by atoms with van der Waals surface area (Å²) < 4.78 is 0. The van der Waals surface area contributed by atoms with Crippen LogP contribution in [0.4, 0.5) is 0 Å². The average molecular weight is 134 g/mol. The van der Waals surface area contributed by atoms with Gasteiger partial charge in [-0.15, -0.1) is 0 Å². The smallest absolute Gasteiger partial charge is 0.115 e. The van der Waals surface area contributed by atoms with Gasteiger partial charge in [-0.1, -0.05) is 12.2 Å². The van der Waals surface area contributed by atoms with E-state index in [1.165, 1.54) is 0 Å². The van der Waals surface area contributed by atoms with Crippen LogP contribution in [-0.2, 0) is 6.42 Å². The molecule has 1 aromatic rings. The predicted octanol–water partition coefficient (Wildman–Crippen LogP) is 1.60.